The number of nitrogens with one attached hydrogen (secondary N) is 1. The van der Waals surface area contributed by atoms with Crippen LogP contribution in [0.2, 0.25) is 0 Å². The SMILES string of the molecule is CC(=O)OCCOCCOCCOC(=O)c1ccccc1Nc1cccc(C(F)(F)F)c1. The Hall–Kier alpha value is -3.11. The van der Waals surface area contributed by atoms with Gasteiger partial charge < -0.3 is 24.3 Å². The quantitative estimate of drug-likeness (QED) is 0.379. The lowest BCUT2D eigenvalue weighted by Crippen LogP contribution is -2.15. The highest BCUT2D eigenvalue weighted by molar-refractivity contribution is 5.96. The lowest BCUT2D eigenvalue weighted by molar-refractivity contribution is -0.142. The third kappa shape index (κ3) is 8.94. The minimum atomic E-state index is -4.47. The van der Waals surface area contributed by atoms with Gasteiger partial charge in [0.2, 0.25) is 0 Å². The molecule has 2 rings (SSSR count). The van der Waals surface area contributed by atoms with Gasteiger partial charge in [0.25, 0.3) is 0 Å². The molecule has 1 N–H and O–H groups in total. The fourth-order valence-corrected chi connectivity index (χ4v) is 2.54. The number of halogens is 3. The number of carbonyl (C=O) groups is 2. The van der Waals surface area contributed by atoms with Gasteiger partial charge >= 0.3 is 18.1 Å². The van der Waals surface area contributed by atoms with Crippen molar-refractivity contribution >= 4 is 23.3 Å². The van der Waals surface area contributed by atoms with Gasteiger partial charge in [0.1, 0.15) is 13.2 Å². The summed E-state index contributed by atoms with van der Waals surface area (Å²) in [4.78, 5) is 23.0. The predicted molar refractivity (Wildman–Crippen MR) is 110 cm³/mol. The van der Waals surface area contributed by atoms with Crippen LogP contribution in [0.15, 0.2) is 48.5 Å². The van der Waals surface area contributed by atoms with Gasteiger partial charge in [-0.1, -0.05) is 18.2 Å². The first-order valence-electron chi connectivity index (χ1n) is 9.76. The highest BCUT2D eigenvalue weighted by atomic mass is 19.4. The molecule has 0 saturated heterocycles. The number of rotatable bonds is 12. The van der Waals surface area contributed by atoms with E-state index < -0.39 is 17.7 Å². The Kier molecular flexibility index (Phi) is 9.96. The summed E-state index contributed by atoms with van der Waals surface area (Å²) in [6, 6.07) is 11.0. The van der Waals surface area contributed by atoms with Gasteiger partial charge in [0, 0.05) is 12.6 Å². The monoisotopic (exact) mass is 455 g/mol. The molecule has 10 heteroatoms. The van der Waals surface area contributed by atoms with Gasteiger partial charge in [0.15, 0.2) is 0 Å². The van der Waals surface area contributed by atoms with Crippen molar-refractivity contribution in [1.29, 1.82) is 0 Å². The van der Waals surface area contributed by atoms with Crippen molar-refractivity contribution in [2.24, 2.45) is 0 Å². The smallest absolute Gasteiger partial charge is 0.416 e. The summed E-state index contributed by atoms with van der Waals surface area (Å²) in [5, 5.41) is 2.83. The average Bonchev–Trinajstić information content (AvgIpc) is 2.74. The molecule has 7 nitrogen and oxygen atoms in total. The molecule has 0 aliphatic carbocycles. The Morgan fingerprint density at radius 1 is 0.844 bits per heavy atom. The summed E-state index contributed by atoms with van der Waals surface area (Å²) < 4.78 is 59.1. The second kappa shape index (κ2) is 12.7. The molecule has 0 aliphatic rings. The lowest BCUT2D eigenvalue weighted by Gasteiger charge is -2.13. The number of para-hydroxylation sites is 1. The Balaban J connectivity index is 1.77. The summed E-state index contributed by atoms with van der Waals surface area (Å²) in [7, 11) is 0. The molecule has 0 unspecified atom stereocenters. The fraction of sp³-hybridized carbons (Fsp3) is 0.364. The number of hydrogen-bond acceptors (Lipinski definition) is 7. The standard InChI is InChI=1S/C22H24F3NO6/c1-16(27)31-13-11-29-9-10-30-12-14-32-21(28)19-7-2-3-8-20(19)26-18-6-4-5-17(15-18)22(23,24)25/h2-8,15,26H,9-14H2,1H3. The van der Waals surface area contributed by atoms with Crippen LogP contribution in [0.3, 0.4) is 0 Å². The van der Waals surface area contributed by atoms with Crippen LogP contribution in [-0.2, 0) is 29.9 Å². The van der Waals surface area contributed by atoms with E-state index in [0.29, 0.717) is 12.3 Å². The average molecular weight is 455 g/mol. The van der Waals surface area contributed by atoms with Crippen molar-refractivity contribution < 1.29 is 41.7 Å². The van der Waals surface area contributed by atoms with Gasteiger partial charge in [0.05, 0.1) is 43.2 Å². The number of anilines is 2. The normalized spacial score (nSPS) is 11.1. The molecule has 2 aromatic rings. The van der Waals surface area contributed by atoms with E-state index in [-0.39, 0.29) is 50.3 Å². The molecule has 32 heavy (non-hydrogen) atoms. The van der Waals surface area contributed by atoms with E-state index in [2.05, 4.69) is 5.32 Å². The molecule has 0 aliphatic heterocycles. The Bertz CT molecular complexity index is 888. The number of alkyl halides is 3. The van der Waals surface area contributed by atoms with Gasteiger partial charge in [-0.3, -0.25) is 4.79 Å². The largest absolute Gasteiger partial charge is 0.463 e. The summed E-state index contributed by atoms with van der Waals surface area (Å²) in [6.07, 6.45) is -4.47. The Morgan fingerprint density at radius 2 is 1.47 bits per heavy atom. The van der Waals surface area contributed by atoms with E-state index in [4.69, 9.17) is 18.9 Å². The van der Waals surface area contributed by atoms with Gasteiger partial charge in [-0.05, 0) is 30.3 Å². The molecular weight excluding hydrogens is 431 g/mol. The highest BCUT2D eigenvalue weighted by Gasteiger charge is 2.30. The molecule has 0 radical (unpaired) electrons. The van der Waals surface area contributed by atoms with E-state index in [0.717, 1.165) is 12.1 Å². The second-order valence-corrected chi connectivity index (χ2v) is 6.45. The van der Waals surface area contributed by atoms with E-state index in [1.807, 2.05) is 0 Å². The minimum Gasteiger partial charge on any atom is -0.463 e. The van der Waals surface area contributed by atoms with Crippen molar-refractivity contribution in [3.63, 3.8) is 0 Å². The van der Waals surface area contributed by atoms with Crippen molar-refractivity contribution in [3.8, 4) is 0 Å². The maximum absolute atomic E-state index is 12.9. The predicted octanol–water partition coefficient (Wildman–Crippen LogP) is 4.20. The summed E-state index contributed by atoms with van der Waals surface area (Å²) in [6.45, 7) is 2.43. The maximum atomic E-state index is 12.9. The second-order valence-electron chi connectivity index (χ2n) is 6.45. The lowest BCUT2D eigenvalue weighted by atomic mass is 10.1. The topological polar surface area (TPSA) is 83.1 Å². The summed E-state index contributed by atoms with van der Waals surface area (Å²) in [5.74, 6) is -1.01. The first-order valence-corrected chi connectivity index (χ1v) is 9.76. The third-order valence-electron chi connectivity index (χ3n) is 3.98. The molecule has 174 valence electrons. The molecule has 0 bridgehead atoms. The van der Waals surface area contributed by atoms with Crippen LogP contribution in [0.1, 0.15) is 22.8 Å². The van der Waals surface area contributed by atoms with Crippen LogP contribution in [0.25, 0.3) is 0 Å². The van der Waals surface area contributed by atoms with Crippen LogP contribution >= 0.6 is 0 Å². The van der Waals surface area contributed by atoms with E-state index in [9.17, 15) is 22.8 Å². The van der Waals surface area contributed by atoms with Crippen LogP contribution in [0.4, 0.5) is 24.5 Å². The third-order valence-corrected chi connectivity index (χ3v) is 3.98. The fourth-order valence-electron chi connectivity index (χ4n) is 2.54. The Labute approximate surface area is 183 Å². The van der Waals surface area contributed by atoms with Crippen molar-refractivity contribution in [1.82, 2.24) is 0 Å². The molecule has 0 atom stereocenters. The molecule has 0 heterocycles. The molecule has 0 amide bonds. The van der Waals surface area contributed by atoms with E-state index >= 15 is 0 Å². The van der Waals surface area contributed by atoms with Gasteiger partial charge in [-0.25, -0.2) is 4.79 Å². The van der Waals surface area contributed by atoms with Crippen LogP contribution in [0.5, 0.6) is 0 Å². The van der Waals surface area contributed by atoms with E-state index in [1.54, 1.807) is 18.2 Å². The van der Waals surface area contributed by atoms with Crippen LogP contribution < -0.4 is 5.32 Å². The van der Waals surface area contributed by atoms with Crippen LogP contribution in [0, 0.1) is 0 Å². The minimum absolute atomic E-state index is 0.00975. The van der Waals surface area contributed by atoms with Crippen LogP contribution in [-0.4, -0.2) is 51.6 Å². The molecule has 0 spiro atoms. The number of esters is 2. The van der Waals surface area contributed by atoms with E-state index in [1.165, 1.54) is 25.1 Å². The summed E-state index contributed by atoms with van der Waals surface area (Å²) in [5.41, 5.74) is -0.107. The number of benzene rings is 2. The first kappa shape index (κ1) is 25.2. The number of hydrogen-bond donors (Lipinski definition) is 1. The molecule has 2 aromatic carbocycles. The maximum Gasteiger partial charge on any atom is 0.416 e. The Morgan fingerprint density at radius 3 is 2.12 bits per heavy atom. The molecule has 0 fully saturated rings. The number of ether oxygens (including phenoxy) is 4. The molecule has 0 aromatic heterocycles. The zero-order valence-corrected chi connectivity index (χ0v) is 17.4. The van der Waals surface area contributed by atoms with Gasteiger partial charge in [-0.15, -0.1) is 0 Å². The zero-order valence-electron chi connectivity index (χ0n) is 17.4. The highest BCUT2D eigenvalue weighted by Crippen LogP contribution is 2.31. The van der Waals surface area contributed by atoms with Crippen molar-refractivity contribution in [3.05, 3.63) is 59.7 Å². The van der Waals surface area contributed by atoms with Crippen molar-refractivity contribution in [2.75, 3.05) is 45.0 Å². The molecule has 0 saturated carbocycles. The summed E-state index contributed by atoms with van der Waals surface area (Å²) >= 11 is 0. The zero-order chi connectivity index (χ0) is 23.4. The van der Waals surface area contributed by atoms with Gasteiger partial charge in [-0.2, -0.15) is 13.2 Å². The first-order chi connectivity index (χ1) is 15.3. The van der Waals surface area contributed by atoms with Crippen molar-refractivity contribution in [2.45, 2.75) is 13.1 Å². The molecular formula is C22H24F3NO6. The number of carbonyl (C=O) groups excluding carboxylic acids is 2.